The maximum Gasteiger partial charge on any atom is 0.433 e. The molecule has 4 rings (SSSR count). The summed E-state index contributed by atoms with van der Waals surface area (Å²) >= 11 is 0. The van der Waals surface area contributed by atoms with Crippen LogP contribution in [0.4, 0.5) is 13.2 Å². The van der Waals surface area contributed by atoms with E-state index in [1.54, 1.807) is 6.07 Å². The van der Waals surface area contributed by atoms with Crippen molar-refractivity contribution in [2.45, 2.75) is 19.6 Å². The SMILES string of the molecule is C=c1cccc/c1=C/C(=CC)CNC(=O)c1nc(-c2ccc(OC)c3nc(C(F)(F)F)ccc23)oc1CN. The molecule has 0 aliphatic heterocycles. The minimum absolute atomic E-state index is 0.0145. The lowest BCUT2D eigenvalue weighted by atomic mass is 10.1. The van der Waals surface area contributed by atoms with Crippen molar-refractivity contribution in [2.24, 2.45) is 5.73 Å². The minimum Gasteiger partial charge on any atom is -0.494 e. The van der Waals surface area contributed by atoms with Gasteiger partial charge in [-0.25, -0.2) is 9.97 Å². The molecule has 7 nitrogen and oxygen atoms in total. The summed E-state index contributed by atoms with van der Waals surface area (Å²) in [6.07, 6.45) is -0.835. The Balaban J connectivity index is 1.67. The number of benzene rings is 2. The highest BCUT2D eigenvalue weighted by Gasteiger charge is 2.33. The number of nitrogens with zero attached hydrogens (tertiary/aromatic N) is 2. The largest absolute Gasteiger partial charge is 0.494 e. The van der Waals surface area contributed by atoms with Crippen LogP contribution < -0.4 is 26.2 Å². The number of aromatic nitrogens is 2. The van der Waals surface area contributed by atoms with Gasteiger partial charge in [-0.05, 0) is 53.3 Å². The van der Waals surface area contributed by atoms with Crippen LogP contribution in [-0.4, -0.2) is 29.5 Å². The van der Waals surface area contributed by atoms with Crippen molar-refractivity contribution >= 4 is 29.5 Å². The summed E-state index contributed by atoms with van der Waals surface area (Å²) in [5.41, 5.74) is 5.90. The molecule has 1 amide bonds. The molecule has 0 bridgehead atoms. The first-order valence-corrected chi connectivity index (χ1v) is 11.6. The van der Waals surface area contributed by atoms with Crippen molar-refractivity contribution in [1.82, 2.24) is 15.3 Å². The van der Waals surface area contributed by atoms with E-state index in [-0.39, 0.29) is 41.7 Å². The van der Waals surface area contributed by atoms with Crippen LogP contribution in [0.3, 0.4) is 0 Å². The fourth-order valence-corrected chi connectivity index (χ4v) is 3.86. The molecule has 2 heterocycles. The molecule has 2 aromatic carbocycles. The molecule has 0 saturated heterocycles. The first kappa shape index (κ1) is 26.6. The van der Waals surface area contributed by atoms with Gasteiger partial charge in [-0.2, -0.15) is 13.2 Å². The van der Waals surface area contributed by atoms with E-state index in [9.17, 15) is 18.0 Å². The molecule has 0 fully saturated rings. The average molecular weight is 523 g/mol. The van der Waals surface area contributed by atoms with Gasteiger partial charge in [-0.1, -0.05) is 36.9 Å². The number of halogens is 3. The number of alkyl halides is 3. The number of rotatable bonds is 7. The van der Waals surface area contributed by atoms with Gasteiger partial charge in [-0.15, -0.1) is 0 Å². The number of carbonyl (C=O) groups is 1. The number of fused-ring (bicyclic) bond motifs is 1. The Morgan fingerprint density at radius 3 is 2.58 bits per heavy atom. The second-order valence-corrected chi connectivity index (χ2v) is 8.29. The van der Waals surface area contributed by atoms with Gasteiger partial charge >= 0.3 is 6.18 Å². The number of carbonyl (C=O) groups excluding carboxylic acids is 1. The summed E-state index contributed by atoms with van der Waals surface area (Å²) in [4.78, 5) is 21.1. The third-order valence-electron chi connectivity index (χ3n) is 5.88. The van der Waals surface area contributed by atoms with E-state index >= 15 is 0 Å². The number of nitrogens with two attached hydrogens (primary N) is 1. The molecular formula is C28H25F3N4O3. The number of hydrogen-bond donors (Lipinski definition) is 2. The number of oxazole rings is 1. The van der Waals surface area contributed by atoms with Gasteiger partial charge in [0.15, 0.2) is 11.5 Å². The predicted octanol–water partition coefficient (Wildman–Crippen LogP) is 3.94. The molecule has 10 heteroatoms. The van der Waals surface area contributed by atoms with E-state index < -0.39 is 17.8 Å². The van der Waals surface area contributed by atoms with E-state index in [1.807, 2.05) is 43.3 Å². The smallest absolute Gasteiger partial charge is 0.433 e. The molecule has 0 aliphatic carbocycles. The first-order chi connectivity index (χ1) is 18.2. The number of pyridine rings is 1. The lowest BCUT2D eigenvalue weighted by Gasteiger charge is -2.11. The number of allylic oxidation sites excluding steroid dienone is 1. The Morgan fingerprint density at radius 1 is 1.16 bits per heavy atom. The zero-order valence-electron chi connectivity index (χ0n) is 20.7. The van der Waals surface area contributed by atoms with Crippen LogP contribution >= 0.6 is 0 Å². The molecule has 4 aromatic rings. The lowest BCUT2D eigenvalue weighted by Crippen LogP contribution is -2.28. The minimum atomic E-state index is -4.63. The van der Waals surface area contributed by atoms with Crippen molar-refractivity contribution in [3.8, 4) is 17.2 Å². The topological polar surface area (TPSA) is 103 Å². The molecule has 0 aliphatic rings. The zero-order valence-corrected chi connectivity index (χ0v) is 20.7. The highest BCUT2D eigenvalue weighted by molar-refractivity contribution is 5.98. The van der Waals surface area contributed by atoms with E-state index in [0.29, 0.717) is 10.9 Å². The van der Waals surface area contributed by atoms with E-state index in [2.05, 4.69) is 21.9 Å². The normalized spacial score (nSPS) is 12.7. The van der Waals surface area contributed by atoms with Gasteiger partial charge in [-0.3, -0.25) is 4.79 Å². The Labute approximate surface area is 216 Å². The molecule has 0 radical (unpaired) electrons. The highest BCUT2D eigenvalue weighted by atomic mass is 19.4. The van der Waals surface area contributed by atoms with Gasteiger partial charge in [0.05, 0.1) is 13.7 Å². The molecule has 196 valence electrons. The fourth-order valence-electron chi connectivity index (χ4n) is 3.86. The third-order valence-corrected chi connectivity index (χ3v) is 5.88. The summed E-state index contributed by atoms with van der Waals surface area (Å²) < 4.78 is 50.8. The van der Waals surface area contributed by atoms with Crippen molar-refractivity contribution in [1.29, 1.82) is 0 Å². The van der Waals surface area contributed by atoms with Crippen molar-refractivity contribution in [3.05, 3.63) is 87.8 Å². The third kappa shape index (κ3) is 5.45. The molecule has 2 aromatic heterocycles. The highest BCUT2D eigenvalue weighted by Crippen LogP contribution is 2.36. The van der Waals surface area contributed by atoms with Gasteiger partial charge < -0.3 is 20.2 Å². The number of amides is 1. The summed E-state index contributed by atoms with van der Waals surface area (Å²) in [6.45, 7) is 5.96. The second kappa shape index (κ2) is 10.9. The quantitative estimate of drug-likeness (QED) is 0.381. The van der Waals surface area contributed by atoms with Crippen LogP contribution in [0, 0.1) is 0 Å². The number of ether oxygens (including phenoxy) is 1. The summed E-state index contributed by atoms with van der Waals surface area (Å²) in [5.74, 6) is -0.201. The Kier molecular flexibility index (Phi) is 7.63. The number of methoxy groups -OCH3 is 1. The Bertz CT molecular complexity index is 1640. The van der Waals surface area contributed by atoms with Crippen molar-refractivity contribution < 1.29 is 27.1 Å². The van der Waals surface area contributed by atoms with Crippen LogP contribution in [0.25, 0.3) is 35.0 Å². The van der Waals surface area contributed by atoms with E-state index in [0.717, 1.165) is 22.1 Å². The molecule has 3 N–H and O–H groups in total. The molecular weight excluding hydrogens is 497 g/mol. The Morgan fingerprint density at radius 2 is 1.92 bits per heavy atom. The van der Waals surface area contributed by atoms with Crippen LogP contribution in [0.2, 0.25) is 0 Å². The van der Waals surface area contributed by atoms with Crippen LogP contribution in [0.1, 0.15) is 28.9 Å². The average Bonchev–Trinajstić information content (AvgIpc) is 3.34. The molecule has 38 heavy (non-hydrogen) atoms. The van der Waals surface area contributed by atoms with E-state index in [1.165, 1.54) is 19.2 Å². The van der Waals surface area contributed by atoms with Crippen LogP contribution in [0.5, 0.6) is 5.75 Å². The first-order valence-electron chi connectivity index (χ1n) is 11.6. The maximum absolute atomic E-state index is 13.3. The van der Waals surface area contributed by atoms with Crippen molar-refractivity contribution in [2.75, 3.05) is 13.7 Å². The molecule has 0 saturated carbocycles. The Hall–Kier alpha value is -4.44. The monoisotopic (exact) mass is 522 g/mol. The van der Waals surface area contributed by atoms with Crippen LogP contribution in [0.15, 0.2) is 64.6 Å². The zero-order chi connectivity index (χ0) is 27.4. The van der Waals surface area contributed by atoms with Gasteiger partial charge in [0.2, 0.25) is 5.89 Å². The van der Waals surface area contributed by atoms with Gasteiger partial charge in [0.1, 0.15) is 17.0 Å². The van der Waals surface area contributed by atoms with E-state index in [4.69, 9.17) is 14.9 Å². The number of hydrogen-bond acceptors (Lipinski definition) is 6. The van der Waals surface area contributed by atoms with Crippen LogP contribution in [-0.2, 0) is 12.7 Å². The summed E-state index contributed by atoms with van der Waals surface area (Å²) in [5, 5.41) is 4.91. The molecule has 0 spiro atoms. The van der Waals surface area contributed by atoms with Crippen molar-refractivity contribution in [3.63, 3.8) is 0 Å². The molecule has 0 atom stereocenters. The predicted molar refractivity (Wildman–Crippen MR) is 138 cm³/mol. The maximum atomic E-state index is 13.3. The standard InChI is InChI=1S/C28H25F3N4O3/c1-4-17(13-18-8-6-5-7-16(18)2)15-33-26(36)25-22(14-32)38-27(35-25)20-9-11-21(37-3)24-19(20)10-12-23(34-24)28(29,30)31/h4-13H,2,14-15,32H2,1,3H3,(H,33,36)/b17-4?,18-13-. The summed E-state index contributed by atoms with van der Waals surface area (Å²) in [7, 11) is 1.34. The number of nitrogens with one attached hydrogen (secondary N) is 1. The fraction of sp³-hybridized carbons (Fsp3) is 0.179. The second-order valence-electron chi connectivity index (χ2n) is 8.29. The van der Waals surface area contributed by atoms with Gasteiger partial charge in [0, 0.05) is 17.5 Å². The van der Waals surface area contributed by atoms with Gasteiger partial charge in [0.25, 0.3) is 5.91 Å². The lowest BCUT2D eigenvalue weighted by molar-refractivity contribution is -0.140. The molecule has 0 unspecified atom stereocenters. The summed E-state index contributed by atoms with van der Waals surface area (Å²) in [6, 6.07) is 12.8.